The van der Waals surface area contributed by atoms with Crippen molar-refractivity contribution in [2.45, 2.75) is 52.4 Å². The van der Waals surface area contributed by atoms with Crippen molar-refractivity contribution in [1.29, 1.82) is 0 Å². The van der Waals surface area contributed by atoms with Crippen LogP contribution < -0.4 is 9.47 Å². The monoisotopic (exact) mass is 412 g/mol. The van der Waals surface area contributed by atoms with Crippen LogP contribution >= 0.6 is 0 Å². The molecule has 1 saturated carbocycles. The minimum Gasteiger partial charge on any atom is -0.491 e. The zero-order valence-corrected chi connectivity index (χ0v) is 17.1. The van der Waals surface area contributed by atoms with Crippen molar-refractivity contribution in [2.24, 2.45) is 17.8 Å². The SMILES string of the molecule is CCOC(=O)CCC(C=O)C1CCC(COc2ccc(OCC)c(F)c2F)CC1. The van der Waals surface area contributed by atoms with Crippen LogP contribution in [0.5, 0.6) is 11.5 Å². The first-order chi connectivity index (χ1) is 14.0. The van der Waals surface area contributed by atoms with E-state index < -0.39 is 11.6 Å². The van der Waals surface area contributed by atoms with Crippen LogP contribution in [0.15, 0.2) is 12.1 Å². The summed E-state index contributed by atoms with van der Waals surface area (Å²) in [5.41, 5.74) is 0. The smallest absolute Gasteiger partial charge is 0.305 e. The maximum atomic E-state index is 14.1. The summed E-state index contributed by atoms with van der Waals surface area (Å²) in [6.07, 6.45) is 5.08. The Balaban J connectivity index is 1.80. The van der Waals surface area contributed by atoms with Gasteiger partial charge in [-0.25, -0.2) is 0 Å². The number of rotatable bonds is 11. The Morgan fingerprint density at radius 2 is 1.69 bits per heavy atom. The second-order valence-electron chi connectivity index (χ2n) is 7.36. The molecule has 0 N–H and O–H groups in total. The van der Waals surface area contributed by atoms with Gasteiger partial charge in [0.1, 0.15) is 6.29 Å². The number of benzene rings is 1. The molecule has 0 bridgehead atoms. The highest BCUT2D eigenvalue weighted by Gasteiger charge is 2.28. The standard InChI is InChI=1S/C22H30F2O5/c1-3-27-18-10-11-19(22(24)21(18)23)29-14-15-5-7-16(8-6-15)17(13-25)9-12-20(26)28-4-2/h10-11,13,15-17H,3-9,12,14H2,1-2H3. The minimum absolute atomic E-state index is 0.117. The summed E-state index contributed by atoms with van der Waals surface area (Å²) in [6, 6.07) is 2.75. The summed E-state index contributed by atoms with van der Waals surface area (Å²) < 4.78 is 43.5. The second-order valence-corrected chi connectivity index (χ2v) is 7.36. The Labute approximate surface area is 170 Å². The maximum Gasteiger partial charge on any atom is 0.305 e. The number of halogens is 2. The van der Waals surface area contributed by atoms with Gasteiger partial charge in [0, 0.05) is 12.3 Å². The van der Waals surface area contributed by atoms with E-state index in [4.69, 9.17) is 14.2 Å². The molecule has 2 rings (SSSR count). The van der Waals surface area contributed by atoms with Crippen LogP contribution in [-0.4, -0.2) is 32.1 Å². The van der Waals surface area contributed by atoms with Gasteiger partial charge in [-0.15, -0.1) is 0 Å². The molecule has 1 aliphatic rings. The van der Waals surface area contributed by atoms with Crippen molar-refractivity contribution in [3.8, 4) is 11.5 Å². The van der Waals surface area contributed by atoms with Crippen LogP contribution in [0.2, 0.25) is 0 Å². The first-order valence-corrected chi connectivity index (χ1v) is 10.3. The number of ether oxygens (including phenoxy) is 3. The van der Waals surface area contributed by atoms with Crippen LogP contribution in [0.25, 0.3) is 0 Å². The highest BCUT2D eigenvalue weighted by atomic mass is 19.2. The van der Waals surface area contributed by atoms with E-state index in [9.17, 15) is 18.4 Å². The molecule has 1 atom stereocenters. The van der Waals surface area contributed by atoms with E-state index in [1.54, 1.807) is 13.8 Å². The molecule has 162 valence electrons. The molecule has 0 heterocycles. The lowest BCUT2D eigenvalue weighted by molar-refractivity contribution is -0.143. The fraction of sp³-hybridized carbons (Fsp3) is 0.636. The van der Waals surface area contributed by atoms with E-state index in [1.165, 1.54) is 12.1 Å². The van der Waals surface area contributed by atoms with Crippen LogP contribution in [0.4, 0.5) is 8.78 Å². The summed E-state index contributed by atoms with van der Waals surface area (Å²) in [4.78, 5) is 23.0. The zero-order chi connectivity index (χ0) is 21.2. The number of hydrogen-bond donors (Lipinski definition) is 0. The van der Waals surface area contributed by atoms with Crippen LogP contribution in [0.3, 0.4) is 0 Å². The van der Waals surface area contributed by atoms with Gasteiger partial charge in [-0.1, -0.05) is 0 Å². The van der Waals surface area contributed by atoms with Crippen LogP contribution in [-0.2, 0) is 14.3 Å². The molecule has 0 aromatic heterocycles. The number of carbonyl (C=O) groups excluding carboxylic acids is 2. The summed E-state index contributed by atoms with van der Waals surface area (Å²) in [7, 11) is 0. The summed E-state index contributed by atoms with van der Waals surface area (Å²) in [6.45, 7) is 4.34. The topological polar surface area (TPSA) is 61.8 Å². The van der Waals surface area contributed by atoms with Crippen molar-refractivity contribution < 1.29 is 32.6 Å². The third kappa shape index (κ3) is 6.68. The van der Waals surface area contributed by atoms with E-state index >= 15 is 0 Å². The molecule has 1 aliphatic carbocycles. The third-order valence-electron chi connectivity index (χ3n) is 5.44. The van der Waals surface area contributed by atoms with Gasteiger partial charge in [0.25, 0.3) is 0 Å². The van der Waals surface area contributed by atoms with Gasteiger partial charge >= 0.3 is 5.97 Å². The van der Waals surface area contributed by atoms with Crippen LogP contribution in [0, 0.1) is 29.4 Å². The Kier molecular flexibility index (Phi) is 9.35. The summed E-state index contributed by atoms with van der Waals surface area (Å²) >= 11 is 0. The molecule has 0 spiro atoms. The number of carbonyl (C=O) groups is 2. The van der Waals surface area contributed by atoms with E-state index in [0.29, 0.717) is 19.6 Å². The van der Waals surface area contributed by atoms with Gasteiger partial charge in [-0.2, -0.15) is 8.78 Å². The molecule has 0 aliphatic heterocycles. The molecule has 0 radical (unpaired) electrons. The second kappa shape index (κ2) is 11.7. The quantitative estimate of drug-likeness (QED) is 0.389. The van der Waals surface area contributed by atoms with Crippen molar-refractivity contribution in [3.05, 3.63) is 23.8 Å². The fourth-order valence-corrected chi connectivity index (χ4v) is 3.82. The van der Waals surface area contributed by atoms with E-state index in [2.05, 4.69) is 0 Å². The summed E-state index contributed by atoms with van der Waals surface area (Å²) in [5, 5.41) is 0. The molecule has 7 heteroatoms. The average Bonchev–Trinajstić information content (AvgIpc) is 2.72. The molecule has 0 saturated heterocycles. The van der Waals surface area contributed by atoms with Crippen molar-refractivity contribution in [3.63, 3.8) is 0 Å². The Hall–Kier alpha value is -2.18. The van der Waals surface area contributed by atoms with E-state index in [-0.39, 0.29) is 48.2 Å². The molecule has 0 amide bonds. The van der Waals surface area contributed by atoms with Crippen molar-refractivity contribution in [2.75, 3.05) is 19.8 Å². The number of hydrogen-bond acceptors (Lipinski definition) is 5. The average molecular weight is 412 g/mol. The maximum absolute atomic E-state index is 14.1. The minimum atomic E-state index is -1.04. The molecule has 1 aromatic carbocycles. The summed E-state index contributed by atoms with van der Waals surface area (Å²) in [5.74, 6) is -2.29. The predicted molar refractivity (Wildman–Crippen MR) is 104 cm³/mol. The van der Waals surface area contributed by atoms with Crippen molar-refractivity contribution in [1.82, 2.24) is 0 Å². The molecule has 1 fully saturated rings. The Morgan fingerprint density at radius 1 is 1.07 bits per heavy atom. The van der Waals surface area contributed by atoms with Gasteiger partial charge in [-0.3, -0.25) is 4.79 Å². The molecule has 1 aromatic rings. The number of esters is 1. The van der Waals surface area contributed by atoms with E-state index in [0.717, 1.165) is 32.0 Å². The highest BCUT2D eigenvalue weighted by molar-refractivity contribution is 5.70. The molecule has 29 heavy (non-hydrogen) atoms. The van der Waals surface area contributed by atoms with Gasteiger partial charge < -0.3 is 19.0 Å². The van der Waals surface area contributed by atoms with Gasteiger partial charge in [0.2, 0.25) is 11.6 Å². The van der Waals surface area contributed by atoms with Gasteiger partial charge in [-0.05, 0) is 69.9 Å². The normalized spacial score (nSPS) is 20.0. The van der Waals surface area contributed by atoms with Gasteiger partial charge in [0.15, 0.2) is 11.5 Å². The highest BCUT2D eigenvalue weighted by Crippen LogP contribution is 2.35. The largest absolute Gasteiger partial charge is 0.491 e. The van der Waals surface area contributed by atoms with E-state index in [1.807, 2.05) is 0 Å². The molecular weight excluding hydrogens is 382 g/mol. The third-order valence-corrected chi connectivity index (χ3v) is 5.44. The molecule has 5 nitrogen and oxygen atoms in total. The molecule has 1 unspecified atom stereocenters. The fourth-order valence-electron chi connectivity index (χ4n) is 3.82. The molecular formula is C22H30F2O5. The van der Waals surface area contributed by atoms with Gasteiger partial charge in [0.05, 0.1) is 19.8 Å². The Morgan fingerprint density at radius 3 is 2.24 bits per heavy atom. The predicted octanol–water partition coefficient (Wildman–Crippen LogP) is 4.71. The van der Waals surface area contributed by atoms with Crippen LogP contribution in [0.1, 0.15) is 52.4 Å². The number of aldehydes is 1. The lowest BCUT2D eigenvalue weighted by atomic mass is 9.75. The lowest BCUT2D eigenvalue weighted by Gasteiger charge is -2.31. The Bertz CT molecular complexity index is 671. The first kappa shape index (κ1) is 23.1. The lowest BCUT2D eigenvalue weighted by Crippen LogP contribution is -2.26. The van der Waals surface area contributed by atoms with Crippen molar-refractivity contribution >= 4 is 12.3 Å². The first-order valence-electron chi connectivity index (χ1n) is 10.3. The zero-order valence-electron chi connectivity index (χ0n) is 17.1.